The molecule has 6 heteroatoms. The Morgan fingerprint density at radius 1 is 1.30 bits per heavy atom. The second-order valence-corrected chi connectivity index (χ2v) is 6.24. The smallest absolute Gasteiger partial charge is 0.239 e. The molecule has 2 heterocycles. The van der Waals surface area contributed by atoms with Gasteiger partial charge in [0, 0.05) is 26.3 Å². The van der Waals surface area contributed by atoms with Gasteiger partial charge in [-0.3, -0.25) is 9.59 Å². The summed E-state index contributed by atoms with van der Waals surface area (Å²) < 4.78 is 19.5. The van der Waals surface area contributed by atoms with Crippen LogP contribution in [0.1, 0.15) is 18.4 Å². The van der Waals surface area contributed by atoms with Gasteiger partial charge in [0.05, 0.1) is 12.0 Å². The molecule has 2 amide bonds. The van der Waals surface area contributed by atoms with E-state index in [0.717, 1.165) is 0 Å². The van der Waals surface area contributed by atoms with Gasteiger partial charge in [0.15, 0.2) is 0 Å². The fourth-order valence-corrected chi connectivity index (χ4v) is 3.38. The van der Waals surface area contributed by atoms with Crippen LogP contribution in [0.4, 0.5) is 4.39 Å². The van der Waals surface area contributed by atoms with Crippen molar-refractivity contribution in [2.75, 3.05) is 32.8 Å². The maximum Gasteiger partial charge on any atom is 0.239 e. The third kappa shape index (κ3) is 3.37. The molecule has 2 aliphatic rings. The van der Waals surface area contributed by atoms with Crippen LogP contribution in [0.3, 0.4) is 0 Å². The highest BCUT2D eigenvalue weighted by Crippen LogP contribution is 2.37. The van der Waals surface area contributed by atoms with Crippen molar-refractivity contribution in [2.45, 2.75) is 19.3 Å². The van der Waals surface area contributed by atoms with Crippen molar-refractivity contribution in [3.63, 3.8) is 0 Å². The van der Waals surface area contributed by atoms with E-state index in [2.05, 4.69) is 5.32 Å². The van der Waals surface area contributed by atoms with E-state index >= 15 is 0 Å². The van der Waals surface area contributed by atoms with E-state index in [4.69, 9.17) is 4.74 Å². The fourth-order valence-electron chi connectivity index (χ4n) is 3.38. The number of nitrogens with zero attached hydrogens (tertiary/aromatic N) is 1. The number of hydrogen-bond donors (Lipinski definition) is 1. The van der Waals surface area contributed by atoms with Gasteiger partial charge in [-0.1, -0.05) is 18.2 Å². The number of carbonyl (C=O) groups excluding carboxylic acids is 2. The second-order valence-electron chi connectivity index (χ2n) is 6.24. The van der Waals surface area contributed by atoms with E-state index in [1.54, 1.807) is 23.1 Å². The first-order chi connectivity index (χ1) is 11.1. The van der Waals surface area contributed by atoms with Crippen LogP contribution in [0.2, 0.25) is 0 Å². The summed E-state index contributed by atoms with van der Waals surface area (Å²) in [6, 6.07) is 6.57. The molecule has 2 aliphatic heterocycles. The van der Waals surface area contributed by atoms with Gasteiger partial charge in [-0.25, -0.2) is 4.39 Å². The lowest BCUT2D eigenvalue weighted by Crippen LogP contribution is -2.56. The van der Waals surface area contributed by atoms with E-state index < -0.39 is 5.41 Å². The molecule has 0 aromatic heterocycles. The Morgan fingerprint density at radius 3 is 2.74 bits per heavy atom. The molecule has 0 aliphatic carbocycles. The Kier molecular flexibility index (Phi) is 4.61. The molecule has 1 aromatic rings. The third-order valence-corrected chi connectivity index (χ3v) is 4.72. The summed E-state index contributed by atoms with van der Waals surface area (Å²) in [4.78, 5) is 26.3. The van der Waals surface area contributed by atoms with Crippen LogP contribution in [0.25, 0.3) is 0 Å². The lowest BCUT2D eigenvalue weighted by Gasteiger charge is -2.40. The van der Waals surface area contributed by atoms with Crippen molar-refractivity contribution in [3.8, 4) is 0 Å². The van der Waals surface area contributed by atoms with Crippen molar-refractivity contribution < 1.29 is 18.7 Å². The Hall–Kier alpha value is -1.95. The molecular weight excluding hydrogens is 299 g/mol. The first-order valence-electron chi connectivity index (χ1n) is 7.98. The second kappa shape index (κ2) is 6.66. The van der Waals surface area contributed by atoms with E-state index in [1.807, 2.05) is 0 Å². The number of carbonyl (C=O) groups is 2. The van der Waals surface area contributed by atoms with Gasteiger partial charge in [-0.15, -0.1) is 0 Å². The average Bonchev–Trinajstić information content (AvgIpc) is 2.57. The molecule has 0 radical (unpaired) electrons. The van der Waals surface area contributed by atoms with Crippen LogP contribution in [0.15, 0.2) is 24.3 Å². The Morgan fingerprint density at radius 2 is 2.04 bits per heavy atom. The monoisotopic (exact) mass is 320 g/mol. The Balaban J connectivity index is 1.85. The van der Waals surface area contributed by atoms with Gasteiger partial charge in [-0.2, -0.15) is 0 Å². The molecule has 2 fully saturated rings. The van der Waals surface area contributed by atoms with Gasteiger partial charge in [0.25, 0.3) is 0 Å². The van der Waals surface area contributed by atoms with Crippen molar-refractivity contribution in [1.29, 1.82) is 0 Å². The highest BCUT2D eigenvalue weighted by molar-refractivity contribution is 5.89. The summed E-state index contributed by atoms with van der Waals surface area (Å²) in [5.74, 6) is -0.487. The van der Waals surface area contributed by atoms with Crippen LogP contribution >= 0.6 is 0 Å². The largest absolute Gasteiger partial charge is 0.381 e. The number of halogens is 1. The molecular formula is C17H21FN2O3. The normalized spacial score (nSPS) is 20.9. The minimum atomic E-state index is -0.682. The number of nitrogens with one attached hydrogen (secondary N) is 1. The quantitative estimate of drug-likeness (QED) is 0.908. The van der Waals surface area contributed by atoms with Gasteiger partial charge in [0.2, 0.25) is 11.8 Å². The maximum absolute atomic E-state index is 14.1. The van der Waals surface area contributed by atoms with E-state index in [0.29, 0.717) is 51.1 Å². The number of amides is 2. The topological polar surface area (TPSA) is 58.6 Å². The van der Waals surface area contributed by atoms with E-state index in [9.17, 15) is 14.0 Å². The van der Waals surface area contributed by atoms with E-state index in [-0.39, 0.29) is 24.2 Å². The average molecular weight is 320 g/mol. The summed E-state index contributed by atoms with van der Waals surface area (Å²) in [7, 11) is 0. The summed E-state index contributed by atoms with van der Waals surface area (Å²) in [5, 5.41) is 2.72. The molecule has 23 heavy (non-hydrogen) atoms. The molecule has 0 atom stereocenters. The van der Waals surface area contributed by atoms with Crippen LogP contribution in [0.5, 0.6) is 0 Å². The van der Waals surface area contributed by atoms with Crippen molar-refractivity contribution in [2.24, 2.45) is 5.41 Å². The Labute approximate surface area is 134 Å². The number of piperazine rings is 1. The van der Waals surface area contributed by atoms with Crippen molar-refractivity contribution >= 4 is 11.8 Å². The van der Waals surface area contributed by atoms with Crippen molar-refractivity contribution in [1.82, 2.24) is 10.2 Å². The van der Waals surface area contributed by atoms with Crippen LogP contribution < -0.4 is 5.32 Å². The highest BCUT2D eigenvalue weighted by Gasteiger charge is 2.43. The summed E-state index contributed by atoms with van der Waals surface area (Å²) >= 11 is 0. The van der Waals surface area contributed by atoms with Gasteiger partial charge in [0.1, 0.15) is 5.82 Å². The molecule has 2 saturated heterocycles. The summed E-state index contributed by atoms with van der Waals surface area (Å²) in [6.07, 6.45) is 1.45. The summed E-state index contributed by atoms with van der Waals surface area (Å²) in [5.41, 5.74) is -0.137. The lowest BCUT2D eigenvalue weighted by atomic mass is 9.73. The van der Waals surface area contributed by atoms with Crippen LogP contribution in [-0.4, -0.2) is 49.6 Å². The number of ether oxygens (including phenoxy) is 1. The molecule has 1 N–H and O–H groups in total. The highest BCUT2D eigenvalue weighted by atomic mass is 19.1. The minimum Gasteiger partial charge on any atom is -0.381 e. The molecule has 1 aromatic carbocycles. The van der Waals surface area contributed by atoms with Crippen molar-refractivity contribution in [3.05, 3.63) is 35.6 Å². The summed E-state index contributed by atoms with van der Waals surface area (Å²) in [6.45, 7) is 2.03. The standard InChI is InChI=1S/C17H21FN2O3/c18-14-4-2-1-3-13(14)11-17(5-9-23-10-6-17)16(22)20-8-7-19-15(21)12-20/h1-4H,5-12H2,(H,19,21). The molecule has 5 nitrogen and oxygen atoms in total. The fraction of sp³-hybridized carbons (Fsp3) is 0.529. The third-order valence-electron chi connectivity index (χ3n) is 4.72. The number of rotatable bonds is 3. The molecule has 0 bridgehead atoms. The Bertz CT molecular complexity index is 599. The first-order valence-corrected chi connectivity index (χ1v) is 7.98. The zero-order valence-electron chi connectivity index (χ0n) is 13.0. The predicted octanol–water partition coefficient (Wildman–Crippen LogP) is 1.12. The van der Waals surface area contributed by atoms with Gasteiger partial charge in [-0.05, 0) is 30.9 Å². The molecule has 0 spiro atoms. The minimum absolute atomic E-state index is 0.0566. The SMILES string of the molecule is O=C1CN(C(=O)C2(Cc3ccccc3F)CCOCC2)CCN1. The van der Waals surface area contributed by atoms with Crippen LogP contribution in [0, 0.1) is 11.2 Å². The molecule has 124 valence electrons. The molecule has 0 unspecified atom stereocenters. The van der Waals surface area contributed by atoms with Crippen LogP contribution in [-0.2, 0) is 20.7 Å². The number of hydrogen-bond acceptors (Lipinski definition) is 3. The first kappa shape index (κ1) is 15.9. The molecule has 0 saturated carbocycles. The lowest BCUT2D eigenvalue weighted by molar-refractivity contribution is -0.151. The maximum atomic E-state index is 14.1. The van der Waals surface area contributed by atoms with E-state index in [1.165, 1.54) is 6.07 Å². The number of benzene rings is 1. The zero-order chi connectivity index (χ0) is 16.3. The van der Waals surface area contributed by atoms with Gasteiger partial charge >= 0.3 is 0 Å². The predicted molar refractivity (Wildman–Crippen MR) is 82.2 cm³/mol. The van der Waals surface area contributed by atoms with Gasteiger partial charge < -0.3 is 15.0 Å². The zero-order valence-corrected chi connectivity index (χ0v) is 13.0. The molecule has 3 rings (SSSR count).